The van der Waals surface area contributed by atoms with Gasteiger partial charge in [-0.3, -0.25) is 4.79 Å². The van der Waals surface area contributed by atoms with E-state index in [4.69, 9.17) is 0 Å². The van der Waals surface area contributed by atoms with Crippen molar-refractivity contribution in [1.29, 1.82) is 0 Å². The molecule has 0 bridgehead atoms. The van der Waals surface area contributed by atoms with Crippen LogP contribution in [0, 0.1) is 5.82 Å². The molecular formula is C17H13FN2O. The molecule has 2 aromatic carbocycles. The minimum atomic E-state index is -0.298. The minimum absolute atomic E-state index is 0.208. The molecule has 0 fully saturated rings. The van der Waals surface area contributed by atoms with Crippen LogP contribution in [0.2, 0.25) is 0 Å². The van der Waals surface area contributed by atoms with Crippen LogP contribution in [0.4, 0.5) is 4.39 Å². The third-order valence-corrected chi connectivity index (χ3v) is 3.43. The number of nitrogens with zero attached hydrogens (tertiary/aromatic N) is 1. The maximum absolute atomic E-state index is 13.5. The van der Waals surface area contributed by atoms with Gasteiger partial charge in [-0.05, 0) is 23.8 Å². The van der Waals surface area contributed by atoms with E-state index in [0.717, 1.165) is 16.6 Å². The van der Waals surface area contributed by atoms with E-state index in [2.05, 4.69) is 16.8 Å². The average molecular weight is 280 g/mol. The summed E-state index contributed by atoms with van der Waals surface area (Å²) in [7, 11) is 0. The zero-order chi connectivity index (χ0) is 14.8. The summed E-state index contributed by atoms with van der Waals surface area (Å²) in [6, 6.07) is 12.2. The summed E-state index contributed by atoms with van der Waals surface area (Å²) in [5, 5.41) is 8.04. The van der Waals surface area contributed by atoms with Gasteiger partial charge in [-0.25, -0.2) is 9.49 Å². The molecule has 1 aromatic heterocycles. The Morgan fingerprint density at radius 2 is 1.95 bits per heavy atom. The van der Waals surface area contributed by atoms with E-state index in [1.165, 1.54) is 12.1 Å². The van der Waals surface area contributed by atoms with Gasteiger partial charge in [0, 0.05) is 17.4 Å². The third-order valence-electron chi connectivity index (χ3n) is 3.43. The van der Waals surface area contributed by atoms with Gasteiger partial charge in [-0.1, -0.05) is 36.9 Å². The zero-order valence-corrected chi connectivity index (χ0v) is 11.3. The quantitative estimate of drug-likeness (QED) is 0.800. The second kappa shape index (κ2) is 5.32. The molecule has 0 aliphatic rings. The number of aromatic nitrogens is 2. The maximum Gasteiger partial charge on any atom is 0.272 e. The molecule has 1 N–H and O–H groups in total. The van der Waals surface area contributed by atoms with E-state index >= 15 is 0 Å². The predicted molar refractivity (Wildman–Crippen MR) is 81.7 cm³/mol. The van der Waals surface area contributed by atoms with Crippen LogP contribution in [-0.4, -0.2) is 10.2 Å². The first-order valence-electron chi connectivity index (χ1n) is 6.56. The summed E-state index contributed by atoms with van der Waals surface area (Å²) < 4.78 is 13.5. The number of nitrogens with one attached hydrogen (secondary N) is 1. The zero-order valence-electron chi connectivity index (χ0n) is 11.3. The first kappa shape index (κ1) is 13.2. The maximum atomic E-state index is 13.5. The standard InChI is InChI=1S/C17H13FN2O/c1-2-12-9-11(7-8-15(12)18)10-16-13-5-3-4-6-14(13)17(21)20-19-16/h2-9H,1,10H2,(H,20,21). The molecular weight excluding hydrogens is 267 g/mol. The molecule has 4 heteroatoms. The molecule has 3 nitrogen and oxygen atoms in total. The SMILES string of the molecule is C=Cc1cc(Cc2n[nH]c(=O)c3ccccc23)ccc1F. The van der Waals surface area contributed by atoms with Gasteiger partial charge in [0.1, 0.15) is 5.82 Å². The molecule has 0 amide bonds. The van der Waals surface area contributed by atoms with Crippen molar-refractivity contribution in [3.8, 4) is 0 Å². The summed E-state index contributed by atoms with van der Waals surface area (Å²) in [6.45, 7) is 3.60. The van der Waals surface area contributed by atoms with Crippen LogP contribution >= 0.6 is 0 Å². The van der Waals surface area contributed by atoms with Gasteiger partial charge in [0.25, 0.3) is 5.56 Å². The van der Waals surface area contributed by atoms with Crippen molar-refractivity contribution in [2.24, 2.45) is 0 Å². The Kier molecular flexibility index (Phi) is 3.36. The number of aromatic amines is 1. The van der Waals surface area contributed by atoms with Crippen molar-refractivity contribution < 1.29 is 4.39 Å². The van der Waals surface area contributed by atoms with Crippen LogP contribution in [-0.2, 0) is 6.42 Å². The summed E-state index contributed by atoms with van der Waals surface area (Å²) in [5.41, 5.74) is 1.92. The molecule has 21 heavy (non-hydrogen) atoms. The van der Waals surface area contributed by atoms with E-state index in [0.29, 0.717) is 17.4 Å². The van der Waals surface area contributed by atoms with Gasteiger partial charge in [-0.15, -0.1) is 0 Å². The van der Waals surface area contributed by atoms with Crippen molar-refractivity contribution in [2.75, 3.05) is 0 Å². The number of hydrogen-bond acceptors (Lipinski definition) is 2. The molecule has 0 atom stereocenters. The lowest BCUT2D eigenvalue weighted by molar-refractivity contribution is 0.624. The molecule has 0 saturated heterocycles. The monoisotopic (exact) mass is 280 g/mol. The van der Waals surface area contributed by atoms with Gasteiger partial charge in [-0.2, -0.15) is 5.10 Å². The Hall–Kier alpha value is -2.75. The molecule has 0 radical (unpaired) electrons. The number of H-pyrrole nitrogens is 1. The van der Waals surface area contributed by atoms with Crippen molar-refractivity contribution in [3.63, 3.8) is 0 Å². The Labute approximate surface area is 120 Å². The van der Waals surface area contributed by atoms with Crippen molar-refractivity contribution in [3.05, 3.63) is 82.0 Å². The molecule has 1 heterocycles. The lowest BCUT2D eigenvalue weighted by atomic mass is 10.0. The Morgan fingerprint density at radius 3 is 2.71 bits per heavy atom. The highest BCUT2D eigenvalue weighted by molar-refractivity contribution is 5.83. The van der Waals surface area contributed by atoms with Crippen LogP contribution in [0.15, 0.2) is 53.8 Å². The largest absolute Gasteiger partial charge is 0.272 e. The lowest BCUT2D eigenvalue weighted by Gasteiger charge is -2.06. The van der Waals surface area contributed by atoms with Gasteiger partial charge in [0.05, 0.1) is 11.1 Å². The van der Waals surface area contributed by atoms with E-state index in [9.17, 15) is 9.18 Å². The fourth-order valence-electron chi connectivity index (χ4n) is 2.36. The molecule has 0 aliphatic carbocycles. The smallest absolute Gasteiger partial charge is 0.267 e. The number of benzene rings is 2. The molecule has 104 valence electrons. The van der Waals surface area contributed by atoms with Crippen molar-refractivity contribution in [1.82, 2.24) is 10.2 Å². The van der Waals surface area contributed by atoms with E-state index in [1.54, 1.807) is 18.2 Å². The number of fused-ring (bicyclic) bond motifs is 1. The van der Waals surface area contributed by atoms with E-state index < -0.39 is 0 Å². The van der Waals surface area contributed by atoms with Crippen LogP contribution in [0.3, 0.4) is 0 Å². The summed E-state index contributed by atoms with van der Waals surface area (Å²) in [5.74, 6) is -0.298. The van der Waals surface area contributed by atoms with Crippen molar-refractivity contribution >= 4 is 16.8 Å². The number of rotatable bonds is 3. The highest BCUT2D eigenvalue weighted by Gasteiger charge is 2.08. The van der Waals surface area contributed by atoms with Crippen LogP contribution in [0.5, 0.6) is 0 Å². The second-order valence-electron chi connectivity index (χ2n) is 4.78. The summed E-state index contributed by atoms with van der Waals surface area (Å²) in [6.07, 6.45) is 2.00. The number of halogens is 1. The van der Waals surface area contributed by atoms with E-state index in [1.807, 2.05) is 18.2 Å². The topological polar surface area (TPSA) is 45.8 Å². The normalized spacial score (nSPS) is 10.7. The van der Waals surface area contributed by atoms with Gasteiger partial charge < -0.3 is 0 Å². The van der Waals surface area contributed by atoms with Gasteiger partial charge >= 0.3 is 0 Å². The molecule has 3 aromatic rings. The van der Waals surface area contributed by atoms with Gasteiger partial charge in [0.2, 0.25) is 0 Å². The first-order chi connectivity index (χ1) is 10.2. The minimum Gasteiger partial charge on any atom is -0.267 e. The predicted octanol–water partition coefficient (Wildman–Crippen LogP) is 3.30. The second-order valence-corrected chi connectivity index (χ2v) is 4.78. The Morgan fingerprint density at radius 1 is 1.19 bits per heavy atom. The lowest BCUT2D eigenvalue weighted by Crippen LogP contribution is -2.11. The molecule has 0 unspecified atom stereocenters. The summed E-state index contributed by atoms with van der Waals surface area (Å²) in [4.78, 5) is 11.7. The fourth-order valence-corrected chi connectivity index (χ4v) is 2.36. The molecule has 0 aliphatic heterocycles. The Balaban J connectivity index is 2.08. The van der Waals surface area contributed by atoms with E-state index in [-0.39, 0.29) is 11.4 Å². The summed E-state index contributed by atoms with van der Waals surface area (Å²) >= 11 is 0. The fraction of sp³-hybridized carbons (Fsp3) is 0.0588. The van der Waals surface area contributed by atoms with Crippen LogP contribution < -0.4 is 5.56 Å². The highest BCUT2D eigenvalue weighted by Crippen LogP contribution is 2.18. The molecule has 0 spiro atoms. The third kappa shape index (κ3) is 2.48. The average Bonchev–Trinajstić information content (AvgIpc) is 2.52. The Bertz CT molecular complexity index is 883. The van der Waals surface area contributed by atoms with Crippen LogP contribution in [0.25, 0.3) is 16.8 Å². The highest BCUT2D eigenvalue weighted by atomic mass is 19.1. The molecule has 3 rings (SSSR count). The first-order valence-corrected chi connectivity index (χ1v) is 6.56. The molecule has 0 saturated carbocycles. The van der Waals surface area contributed by atoms with Gasteiger partial charge in [0.15, 0.2) is 0 Å². The van der Waals surface area contributed by atoms with Crippen molar-refractivity contribution in [2.45, 2.75) is 6.42 Å². The number of hydrogen-bond donors (Lipinski definition) is 1. The van der Waals surface area contributed by atoms with Crippen LogP contribution in [0.1, 0.15) is 16.8 Å².